The first kappa shape index (κ1) is 87.6. The Morgan fingerprint density at radius 1 is 0.423 bits per heavy atom. The number of nitrogens with two attached hydrogens (primary N) is 2. The lowest BCUT2D eigenvalue weighted by Gasteiger charge is -2.14. The van der Waals surface area contributed by atoms with Gasteiger partial charge in [0.05, 0.1) is 33.4 Å². The number of hydrogen-bond acceptors (Lipinski definition) is 17. The van der Waals surface area contributed by atoms with Gasteiger partial charge in [-0.3, -0.25) is 53.1 Å². The third kappa shape index (κ3) is 28.7. The van der Waals surface area contributed by atoms with Gasteiger partial charge < -0.3 is 46.0 Å². The number of halogens is 1. The molecule has 6 N–H and O–H groups in total. The molecule has 3 aliphatic heterocycles. The van der Waals surface area contributed by atoms with Gasteiger partial charge in [0, 0.05) is 92.4 Å². The predicted molar refractivity (Wildman–Crippen MR) is 425 cm³/mol. The van der Waals surface area contributed by atoms with Gasteiger partial charge in [0.1, 0.15) is 11.5 Å². The number of thiocarbonyl (C=S) groups is 2. The summed E-state index contributed by atoms with van der Waals surface area (Å²) in [5, 5.41) is 17.3. The van der Waals surface area contributed by atoms with E-state index in [1.165, 1.54) is 62.0 Å². The molecule has 8 amide bonds. The zero-order chi connectivity index (χ0) is 76.8. The lowest BCUT2D eigenvalue weighted by molar-refractivity contribution is 0.0636. The van der Waals surface area contributed by atoms with Gasteiger partial charge in [0.25, 0.3) is 51.1 Å². The SMILES string of the molecule is CCO.CN.CN(C)C(=O)Sc1ccc(CCCCN)cc1.CN(C)C(=O)Sc1ccc(CCCCN2C(=O)c3ccccc3C2=O)cc1.CN(C)C(=S)Cl.CN(C)C(=S)Oc1ccc(CCCCN2C(=O)c3ccccc3C2=O)cc1.O=C1c2ccccc2C(=O)N1CCCCc1ccc(O)cc1. The number of thioether (sulfide) groups is 2. The van der Waals surface area contributed by atoms with Crippen molar-refractivity contribution in [3.05, 3.63) is 225 Å². The number of fused-ring (bicyclic) bond motifs is 3. The maximum atomic E-state index is 12.3. The van der Waals surface area contributed by atoms with Crippen LogP contribution >= 0.6 is 59.6 Å². The zero-order valence-corrected chi connectivity index (χ0v) is 65.1. The Balaban J connectivity index is 0.000000283. The average molecular weight is 1510 g/mol. The van der Waals surface area contributed by atoms with Gasteiger partial charge in [-0.1, -0.05) is 96.5 Å². The number of rotatable bonds is 22. The van der Waals surface area contributed by atoms with E-state index in [9.17, 15) is 43.5 Å². The molecule has 0 aliphatic carbocycles. The monoisotopic (exact) mass is 1510 g/mol. The summed E-state index contributed by atoms with van der Waals surface area (Å²) < 4.78 is 5.95. The Bertz CT molecular complexity index is 3690. The molecule has 3 heterocycles. The summed E-state index contributed by atoms with van der Waals surface area (Å²) >= 11 is 17.4. The molecule has 25 heteroatoms. The molecular formula is C79H98ClN9O11S4. The van der Waals surface area contributed by atoms with Crippen LogP contribution in [0.4, 0.5) is 9.59 Å². The molecular weight excluding hydrogens is 1410 g/mol. The van der Waals surface area contributed by atoms with E-state index in [1.807, 2.05) is 86.9 Å². The number of aromatic hydroxyl groups is 1. The van der Waals surface area contributed by atoms with Crippen LogP contribution in [0.5, 0.6) is 11.5 Å². The first-order valence-corrected chi connectivity index (χ1v) is 37.0. The second-order valence-electron chi connectivity index (χ2n) is 24.4. The van der Waals surface area contributed by atoms with Gasteiger partial charge in [0.15, 0.2) is 4.45 Å². The van der Waals surface area contributed by atoms with Crippen molar-refractivity contribution in [3.8, 4) is 11.5 Å². The maximum absolute atomic E-state index is 12.3. The summed E-state index contributed by atoms with van der Waals surface area (Å²) in [5.41, 5.74) is 17.8. The van der Waals surface area contributed by atoms with Gasteiger partial charge >= 0.3 is 0 Å². The van der Waals surface area contributed by atoms with E-state index >= 15 is 0 Å². The van der Waals surface area contributed by atoms with Gasteiger partial charge in [-0.15, -0.1) is 0 Å². The van der Waals surface area contributed by atoms with Crippen LogP contribution in [0.3, 0.4) is 0 Å². The topological polar surface area (TPSA) is 261 Å². The summed E-state index contributed by atoms with van der Waals surface area (Å²) in [6.45, 7) is 4.03. The summed E-state index contributed by atoms with van der Waals surface area (Å²) in [6.07, 6.45) is 10.8. The Hall–Kier alpha value is -8.85. The Morgan fingerprint density at radius 2 is 0.673 bits per heavy atom. The number of benzene rings is 7. The molecule has 7 aromatic carbocycles. The van der Waals surface area contributed by atoms with Crippen molar-refractivity contribution in [3.63, 3.8) is 0 Å². The zero-order valence-electron chi connectivity index (χ0n) is 61.1. The number of aryl methyl sites for hydroxylation is 4. The molecule has 556 valence electrons. The minimum Gasteiger partial charge on any atom is -0.508 e. The lowest BCUT2D eigenvalue weighted by Crippen LogP contribution is -2.30. The molecule has 0 saturated carbocycles. The molecule has 0 saturated heterocycles. The number of aliphatic hydroxyl groups is 1. The van der Waals surface area contributed by atoms with Gasteiger partial charge in [0.2, 0.25) is 0 Å². The lowest BCUT2D eigenvalue weighted by atomic mass is 10.1. The molecule has 104 heavy (non-hydrogen) atoms. The minimum atomic E-state index is -0.192. The molecule has 3 aliphatic rings. The highest BCUT2D eigenvalue weighted by Crippen LogP contribution is 2.28. The van der Waals surface area contributed by atoms with E-state index in [-0.39, 0.29) is 58.3 Å². The highest BCUT2D eigenvalue weighted by Gasteiger charge is 2.36. The first-order valence-electron chi connectivity index (χ1n) is 34.1. The number of amides is 8. The highest BCUT2D eigenvalue weighted by atomic mass is 35.5. The third-order valence-electron chi connectivity index (χ3n) is 15.6. The van der Waals surface area contributed by atoms with Gasteiger partial charge in [-0.05, 0) is 253 Å². The number of carbonyl (C=O) groups is 8. The quantitative estimate of drug-likeness (QED) is 0.0123. The molecule has 10 rings (SSSR count). The first-order chi connectivity index (χ1) is 49.8. The van der Waals surface area contributed by atoms with Gasteiger partial charge in [-0.2, -0.15) is 0 Å². The number of nitrogens with zero attached hydrogens (tertiary/aromatic N) is 7. The summed E-state index contributed by atoms with van der Waals surface area (Å²) in [7, 11) is 15.8. The largest absolute Gasteiger partial charge is 0.508 e. The number of ether oxygens (including phenoxy) is 1. The van der Waals surface area contributed by atoms with E-state index in [0.717, 1.165) is 98.9 Å². The number of carbonyl (C=O) groups excluding carboxylic acids is 8. The number of phenols is 1. The van der Waals surface area contributed by atoms with Crippen LogP contribution in [0.2, 0.25) is 0 Å². The van der Waals surface area contributed by atoms with Crippen LogP contribution < -0.4 is 16.2 Å². The average Bonchev–Trinajstić information content (AvgIpc) is 1.66. The summed E-state index contributed by atoms with van der Waals surface area (Å²) in [4.78, 5) is 109. The van der Waals surface area contributed by atoms with Crippen LogP contribution in [0, 0.1) is 0 Å². The molecule has 0 aromatic heterocycles. The molecule has 0 spiro atoms. The van der Waals surface area contributed by atoms with Gasteiger partial charge in [-0.25, -0.2) is 0 Å². The molecule has 0 bridgehead atoms. The molecule has 20 nitrogen and oxygen atoms in total. The normalized spacial score (nSPS) is 12.0. The second-order valence-corrected chi connectivity index (χ2v) is 27.8. The van der Waals surface area contributed by atoms with E-state index < -0.39 is 0 Å². The van der Waals surface area contributed by atoms with E-state index in [2.05, 4.69) is 30.1 Å². The van der Waals surface area contributed by atoms with Crippen LogP contribution in [0.15, 0.2) is 180 Å². The predicted octanol–water partition coefficient (Wildman–Crippen LogP) is 14.0. The fraction of sp³-hybridized carbons (Fsp3) is 0.342. The van der Waals surface area contributed by atoms with Crippen LogP contribution in [0.25, 0.3) is 0 Å². The number of phenolic OH excluding ortho intramolecular Hbond substituents is 1. The fourth-order valence-electron chi connectivity index (χ4n) is 10.0. The van der Waals surface area contributed by atoms with Crippen LogP contribution in [-0.2, 0) is 25.7 Å². The highest BCUT2D eigenvalue weighted by molar-refractivity contribution is 8.13. The number of imide groups is 3. The Labute approximate surface area is 637 Å². The fourth-order valence-corrected chi connectivity index (χ4v) is 11.4. The molecule has 7 aromatic rings. The number of unbranched alkanes of at least 4 members (excludes halogenated alkanes) is 4. The van der Waals surface area contributed by atoms with Crippen molar-refractivity contribution in [2.75, 3.05) is 96.2 Å². The number of aliphatic hydroxyl groups excluding tert-OH is 1. The summed E-state index contributed by atoms with van der Waals surface area (Å²) in [6, 6.07) is 51.9. The van der Waals surface area contributed by atoms with Crippen molar-refractivity contribution < 1.29 is 53.3 Å². The molecule has 0 atom stereocenters. The molecule has 0 unspecified atom stereocenters. The van der Waals surface area contributed by atoms with Crippen LogP contribution in [-0.4, -0.2) is 196 Å². The van der Waals surface area contributed by atoms with Crippen molar-refractivity contribution in [2.24, 2.45) is 11.5 Å². The third-order valence-corrected chi connectivity index (χ3v) is 18.9. The number of hydrogen-bond donors (Lipinski definition) is 4. The minimum absolute atomic E-state index is 0.00342. The van der Waals surface area contributed by atoms with Crippen molar-refractivity contribution in [1.29, 1.82) is 0 Å². The maximum Gasteiger partial charge on any atom is 0.285 e. The van der Waals surface area contributed by atoms with E-state index in [0.29, 0.717) is 68.4 Å². The summed E-state index contributed by atoms with van der Waals surface area (Å²) in [5.74, 6) is -0.165. The molecule has 0 radical (unpaired) electrons. The second kappa shape index (κ2) is 46.8. The van der Waals surface area contributed by atoms with E-state index in [4.69, 9.17) is 39.4 Å². The Morgan fingerprint density at radius 3 is 0.913 bits per heavy atom. The van der Waals surface area contributed by atoms with Crippen molar-refractivity contribution in [1.82, 2.24) is 34.3 Å². The Kier molecular flexibility index (Phi) is 39.4. The smallest absolute Gasteiger partial charge is 0.285 e. The van der Waals surface area contributed by atoms with Crippen LogP contribution in [0.1, 0.15) is 143 Å². The van der Waals surface area contributed by atoms with Crippen molar-refractivity contribution in [2.45, 2.75) is 93.8 Å². The van der Waals surface area contributed by atoms with Crippen molar-refractivity contribution >= 4 is 115 Å². The standard InChI is InChI=1S/2C21H22N2O3S.C18H17NO3.C13H20N2OS.C3H6ClNS.C2H6O.CH5N/c1-22(2)21(26)27-16-12-10-15(11-13-16)7-5-6-14-23-19(24)17-8-3-4-9-18(17)20(23)25;1-22(2)21(27)26-16-12-10-15(11-13-16)7-5-6-14-23-19(24)17-8-3-4-9-18(17)20(23)25;20-14-10-8-13(9-11-14)5-3-4-12-19-17(21)15-6-1-2-7-16(15)18(19)22;1-15(2)13(16)17-12-8-6-11(7-9-12)5-3-4-10-14;1-5(2)3(4)6;1-2-3;1-2/h2*3-4,8-13H,5-7,14H2,1-2H3;1-2,6-11,20H,3-5,12H2;6-9H,3-5,10,14H2,1-2H3;1-2H3;3H,2H2,1H3;2H2,1H3. The molecule has 0 fully saturated rings. The van der Waals surface area contributed by atoms with E-state index in [1.54, 1.807) is 154 Å².